The molecule has 7 heteroatoms. The molecule has 0 spiro atoms. The molecule has 0 aromatic heterocycles. The van der Waals surface area contributed by atoms with Crippen LogP contribution < -0.4 is 0 Å². The van der Waals surface area contributed by atoms with Crippen LogP contribution in [0.25, 0.3) is 0 Å². The van der Waals surface area contributed by atoms with Gasteiger partial charge in [-0.2, -0.15) is 0 Å². The second kappa shape index (κ2) is 48.9. The molecule has 0 aliphatic rings. The summed E-state index contributed by atoms with van der Waals surface area (Å²) in [6.07, 6.45) is 54.3. The normalized spacial score (nSPS) is 12.0. The first-order chi connectivity index (χ1) is 30.9. The zero-order chi connectivity index (χ0) is 46.2. The van der Waals surface area contributed by atoms with Gasteiger partial charge in [0.25, 0.3) is 0 Å². The Kier molecular flexibility index (Phi) is 49.3. The van der Waals surface area contributed by atoms with Crippen LogP contribution in [-0.4, -0.2) is 50.3 Å². The third-order valence-corrected chi connectivity index (χ3v) is 46.0. The fourth-order valence-electron chi connectivity index (χ4n) is 9.49. The molecule has 0 aliphatic carbocycles. The fraction of sp³-hybridized carbons (Fsp3) is 0.964. The van der Waals surface area contributed by atoms with Gasteiger partial charge in [0.15, 0.2) is 0 Å². The van der Waals surface area contributed by atoms with E-state index in [-0.39, 0.29) is 11.9 Å². The van der Waals surface area contributed by atoms with E-state index < -0.39 is 38.4 Å². The van der Waals surface area contributed by atoms with Gasteiger partial charge in [-0.25, -0.2) is 0 Å². The van der Waals surface area contributed by atoms with Crippen molar-refractivity contribution in [3.05, 3.63) is 0 Å². The zero-order valence-electron chi connectivity index (χ0n) is 44.0. The monoisotopic (exact) mass is 1110 g/mol. The summed E-state index contributed by atoms with van der Waals surface area (Å²) in [5, 5.41) is 0. The predicted octanol–water partition coefficient (Wildman–Crippen LogP) is 20.3. The van der Waals surface area contributed by atoms with Crippen molar-refractivity contribution in [1.82, 2.24) is 0 Å². The third-order valence-electron chi connectivity index (χ3n) is 13.5. The van der Waals surface area contributed by atoms with E-state index in [4.69, 9.17) is 7.56 Å². The first-order valence-electron chi connectivity index (χ1n) is 29.0. The summed E-state index contributed by atoms with van der Waals surface area (Å²) in [6.45, 7) is 13.4. The van der Waals surface area contributed by atoms with Crippen LogP contribution in [0, 0.1) is 0 Å². The van der Waals surface area contributed by atoms with Crippen LogP contribution in [0.5, 0.6) is 0 Å². The molecule has 0 saturated heterocycles. The molecular formula is C56H114O5Sn2. The van der Waals surface area contributed by atoms with E-state index in [0.29, 0.717) is 12.8 Å². The molecule has 0 rings (SSSR count). The SMILES string of the molecule is CCCCCCCCCCC[CH2][Sn]([CH2]CCCCCCCCCCC)([O]C(=O)CCC)[O][Sn]([CH2]CCCCCCCCCCC)([CH2]CCCCCCCCCCC)[O]C(=O)CCC. The van der Waals surface area contributed by atoms with E-state index >= 15 is 0 Å². The van der Waals surface area contributed by atoms with Gasteiger partial charge in [0.2, 0.25) is 0 Å². The molecule has 0 unspecified atom stereocenters. The fourth-order valence-corrected chi connectivity index (χ4v) is 49.8. The van der Waals surface area contributed by atoms with Gasteiger partial charge in [0, 0.05) is 0 Å². The van der Waals surface area contributed by atoms with E-state index in [1.807, 2.05) is 0 Å². The molecular weight excluding hydrogens is 990 g/mol. The average Bonchev–Trinajstić information content (AvgIpc) is 3.26. The summed E-state index contributed by atoms with van der Waals surface area (Å²) in [4.78, 5) is 27.6. The van der Waals surface area contributed by atoms with E-state index in [9.17, 15) is 9.59 Å². The number of carbonyl (C=O) groups is 2. The summed E-state index contributed by atoms with van der Waals surface area (Å²) < 4.78 is 25.6. The molecule has 0 heterocycles. The van der Waals surface area contributed by atoms with Crippen molar-refractivity contribution in [2.24, 2.45) is 0 Å². The van der Waals surface area contributed by atoms with Crippen LogP contribution >= 0.6 is 0 Å². The standard InChI is InChI=1S/4C12H25.2C4H8O2.O.2Sn/c4*1-3-5-7-9-11-12-10-8-6-4-2;2*1-2-3-4(5)6;;;/h4*1,3-12H2,2H3;2*2-3H2,1H3,(H,5,6);;;/q;;;;;;;2*+1/p-2. The number of carbonyl (C=O) groups excluding carboxylic acids is 2. The van der Waals surface area contributed by atoms with Crippen LogP contribution in [0.4, 0.5) is 0 Å². The van der Waals surface area contributed by atoms with Crippen LogP contribution in [0.2, 0.25) is 17.7 Å². The second-order valence-corrected chi connectivity index (χ2v) is 41.9. The summed E-state index contributed by atoms with van der Waals surface area (Å²) in [6, 6.07) is 0. The molecule has 63 heavy (non-hydrogen) atoms. The topological polar surface area (TPSA) is 61.8 Å². The quantitative estimate of drug-likeness (QED) is 0.0449. The molecule has 376 valence electrons. The molecule has 0 radical (unpaired) electrons. The molecule has 0 bridgehead atoms. The molecule has 0 atom stereocenters. The van der Waals surface area contributed by atoms with Gasteiger partial charge in [0.05, 0.1) is 0 Å². The molecule has 0 amide bonds. The Labute approximate surface area is 406 Å². The van der Waals surface area contributed by atoms with Gasteiger partial charge in [0.1, 0.15) is 0 Å². The van der Waals surface area contributed by atoms with Gasteiger partial charge in [-0.05, 0) is 0 Å². The average molecular weight is 1100 g/mol. The Balaban J connectivity index is 6.34. The predicted molar refractivity (Wildman–Crippen MR) is 281 cm³/mol. The van der Waals surface area contributed by atoms with Gasteiger partial charge in [-0.15, -0.1) is 0 Å². The van der Waals surface area contributed by atoms with E-state index in [2.05, 4.69) is 41.5 Å². The number of unbranched alkanes of at least 4 members (excludes halogenated alkanes) is 36. The van der Waals surface area contributed by atoms with Crippen molar-refractivity contribution in [3.8, 4) is 0 Å². The molecule has 0 saturated carbocycles. The minimum atomic E-state index is -4.08. The summed E-state index contributed by atoms with van der Waals surface area (Å²) in [7, 11) is 0. The van der Waals surface area contributed by atoms with Gasteiger partial charge < -0.3 is 0 Å². The Morgan fingerprint density at radius 1 is 0.254 bits per heavy atom. The van der Waals surface area contributed by atoms with E-state index in [1.54, 1.807) is 0 Å². The van der Waals surface area contributed by atoms with Gasteiger partial charge in [-0.3, -0.25) is 0 Å². The van der Waals surface area contributed by atoms with Crippen molar-refractivity contribution >= 4 is 50.3 Å². The summed E-state index contributed by atoms with van der Waals surface area (Å²) >= 11 is -8.16. The minimum absolute atomic E-state index is 0.0367. The Morgan fingerprint density at radius 3 is 0.603 bits per heavy atom. The second-order valence-electron chi connectivity index (χ2n) is 20.1. The van der Waals surface area contributed by atoms with Crippen LogP contribution in [-0.2, 0) is 17.1 Å². The third kappa shape index (κ3) is 41.2. The van der Waals surface area contributed by atoms with Crippen LogP contribution in [0.3, 0.4) is 0 Å². The van der Waals surface area contributed by atoms with E-state index in [0.717, 1.165) is 56.3 Å². The van der Waals surface area contributed by atoms with Crippen molar-refractivity contribution in [1.29, 1.82) is 0 Å². The molecule has 0 fully saturated rings. The van der Waals surface area contributed by atoms with Gasteiger partial charge >= 0.3 is 409 Å². The molecule has 0 aromatic rings. The Morgan fingerprint density at radius 2 is 0.429 bits per heavy atom. The molecule has 0 aromatic carbocycles. The Bertz CT molecular complexity index is 838. The van der Waals surface area contributed by atoms with Crippen molar-refractivity contribution in [2.75, 3.05) is 0 Å². The first kappa shape index (κ1) is 63.5. The molecule has 0 aliphatic heterocycles. The van der Waals surface area contributed by atoms with Gasteiger partial charge in [-0.1, -0.05) is 0 Å². The van der Waals surface area contributed by atoms with Crippen molar-refractivity contribution < 1.29 is 17.1 Å². The molecule has 0 N–H and O–H groups in total. The maximum atomic E-state index is 13.8. The van der Waals surface area contributed by atoms with Crippen molar-refractivity contribution in [3.63, 3.8) is 0 Å². The summed E-state index contributed by atoms with van der Waals surface area (Å²) in [5.41, 5.74) is 0. The van der Waals surface area contributed by atoms with Crippen molar-refractivity contribution in [2.45, 2.75) is 342 Å². The number of hydrogen-bond acceptors (Lipinski definition) is 5. The Hall–Kier alpha value is 0.497. The zero-order valence-corrected chi connectivity index (χ0v) is 49.7. The van der Waals surface area contributed by atoms with Crippen LogP contribution in [0.1, 0.15) is 324 Å². The number of hydrogen-bond donors (Lipinski definition) is 0. The first-order valence-corrected chi connectivity index (χ1v) is 41.7. The van der Waals surface area contributed by atoms with E-state index in [1.165, 1.54) is 231 Å². The maximum absolute atomic E-state index is 13.8. The van der Waals surface area contributed by atoms with Crippen LogP contribution in [0.15, 0.2) is 0 Å². The molecule has 5 nitrogen and oxygen atoms in total. The summed E-state index contributed by atoms with van der Waals surface area (Å²) in [5.74, 6) is -0.0733. The number of rotatable bonds is 52.